The molecule has 174 valence electrons. The number of nitrogens with zero attached hydrogens (tertiary/aromatic N) is 2. The maximum Gasteiger partial charge on any atom is 0.338 e. The SMILES string of the molecule is C=CCOc1ccccc1/C=c1\sc2n(c1=O)[C@@H](c1ccc(Br)cc1)C(C(=O)OCC)=C(C)N=2. The first kappa shape index (κ1) is 23.9. The van der Waals surface area contributed by atoms with E-state index in [1.54, 1.807) is 30.6 Å². The normalized spacial score (nSPS) is 15.5. The molecule has 1 atom stereocenters. The minimum absolute atomic E-state index is 0.231. The van der Waals surface area contributed by atoms with Gasteiger partial charge in [-0.15, -0.1) is 0 Å². The number of ether oxygens (including phenoxy) is 2. The Morgan fingerprint density at radius 1 is 1.24 bits per heavy atom. The number of carbonyl (C=O) groups is 1. The molecule has 3 aromatic rings. The summed E-state index contributed by atoms with van der Waals surface area (Å²) in [5.41, 5.74) is 2.23. The van der Waals surface area contributed by atoms with Gasteiger partial charge >= 0.3 is 5.97 Å². The van der Waals surface area contributed by atoms with Gasteiger partial charge in [-0.3, -0.25) is 9.36 Å². The fraction of sp³-hybridized carbons (Fsp3) is 0.192. The van der Waals surface area contributed by atoms with Gasteiger partial charge in [0.25, 0.3) is 5.56 Å². The van der Waals surface area contributed by atoms with E-state index in [0.717, 1.165) is 15.6 Å². The first-order chi connectivity index (χ1) is 16.4. The molecule has 1 aliphatic rings. The lowest BCUT2D eigenvalue weighted by atomic mass is 9.96. The number of rotatable bonds is 7. The highest BCUT2D eigenvalue weighted by Gasteiger charge is 2.33. The zero-order valence-corrected chi connectivity index (χ0v) is 21.2. The van der Waals surface area contributed by atoms with E-state index in [2.05, 4.69) is 27.5 Å². The summed E-state index contributed by atoms with van der Waals surface area (Å²) in [6, 6.07) is 14.4. The van der Waals surface area contributed by atoms with Gasteiger partial charge in [0.05, 0.1) is 28.5 Å². The monoisotopic (exact) mass is 538 g/mol. The molecule has 0 saturated carbocycles. The van der Waals surface area contributed by atoms with Crippen molar-refractivity contribution in [3.8, 4) is 5.75 Å². The van der Waals surface area contributed by atoms with Crippen LogP contribution in [0.2, 0.25) is 0 Å². The van der Waals surface area contributed by atoms with Crippen LogP contribution in [0.15, 0.2) is 86.7 Å². The number of hydrogen-bond donors (Lipinski definition) is 0. The van der Waals surface area contributed by atoms with Crippen molar-refractivity contribution in [2.24, 2.45) is 4.99 Å². The molecule has 0 unspecified atom stereocenters. The molecule has 4 rings (SSSR count). The van der Waals surface area contributed by atoms with Crippen molar-refractivity contribution in [1.29, 1.82) is 0 Å². The third kappa shape index (κ3) is 4.69. The van der Waals surface area contributed by atoms with E-state index in [1.165, 1.54) is 11.3 Å². The Hall–Kier alpha value is -3.23. The van der Waals surface area contributed by atoms with Crippen LogP contribution in [0.25, 0.3) is 6.08 Å². The number of allylic oxidation sites excluding steroid dienone is 1. The molecule has 0 saturated heterocycles. The summed E-state index contributed by atoms with van der Waals surface area (Å²) >= 11 is 4.73. The van der Waals surface area contributed by atoms with Crippen molar-refractivity contribution in [3.63, 3.8) is 0 Å². The van der Waals surface area contributed by atoms with Gasteiger partial charge in [0, 0.05) is 10.0 Å². The van der Waals surface area contributed by atoms with Crippen molar-refractivity contribution >= 4 is 39.3 Å². The number of fused-ring (bicyclic) bond motifs is 1. The molecule has 0 N–H and O–H groups in total. The molecule has 8 heteroatoms. The molecule has 0 fully saturated rings. The number of aromatic nitrogens is 1. The van der Waals surface area contributed by atoms with Gasteiger partial charge in [-0.05, 0) is 43.7 Å². The second-order valence-corrected chi connectivity index (χ2v) is 9.42. The van der Waals surface area contributed by atoms with Crippen LogP contribution in [0.4, 0.5) is 0 Å². The lowest BCUT2D eigenvalue weighted by Gasteiger charge is -2.24. The van der Waals surface area contributed by atoms with E-state index in [9.17, 15) is 9.59 Å². The number of thiazole rings is 1. The molecule has 0 aliphatic carbocycles. The zero-order valence-electron chi connectivity index (χ0n) is 18.8. The molecule has 2 aromatic carbocycles. The maximum absolute atomic E-state index is 13.7. The summed E-state index contributed by atoms with van der Waals surface area (Å²) in [7, 11) is 0. The summed E-state index contributed by atoms with van der Waals surface area (Å²) in [4.78, 5) is 31.7. The van der Waals surface area contributed by atoms with E-state index in [0.29, 0.717) is 33.0 Å². The molecule has 2 heterocycles. The Balaban J connectivity index is 1.92. The first-order valence-corrected chi connectivity index (χ1v) is 12.3. The van der Waals surface area contributed by atoms with Gasteiger partial charge in [-0.25, -0.2) is 9.79 Å². The second-order valence-electron chi connectivity index (χ2n) is 7.49. The van der Waals surface area contributed by atoms with Crippen molar-refractivity contribution < 1.29 is 14.3 Å². The fourth-order valence-corrected chi connectivity index (χ4v) is 5.07. The van der Waals surface area contributed by atoms with Crippen LogP contribution in [0.5, 0.6) is 5.75 Å². The molecule has 1 aromatic heterocycles. The maximum atomic E-state index is 13.7. The third-order valence-corrected chi connectivity index (χ3v) is 6.78. The molecule has 0 radical (unpaired) electrons. The molecule has 34 heavy (non-hydrogen) atoms. The highest BCUT2D eigenvalue weighted by Crippen LogP contribution is 2.31. The quantitative estimate of drug-likeness (QED) is 0.335. The molecular weight excluding hydrogens is 516 g/mol. The smallest absolute Gasteiger partial charge is 0.338 e. The average molecular weight is 539 g/mol. The summed E-state index contributed by atoms with van der Waals surface area (Å²) in [6.45, 7) is 7.80. The van der Waals surface area contributed by atoms with E-state index < -0.39 is 12.0 Å². The Kier molecular flexibility index (Phi) is 7.29. The third-order valence-electron chi connectivity index (χ3n) is 5.27. The van der Waals surface area contributed by atoms with Gasteiger partial charge in [-0.2, -0.15) is 0 Å². The molecule has 6 nitrogen and oxygen atoms in total. The Labute approximate surface area is 209 Å². The van der Waals surface area contributed by atoms with Crippen LogP contribution in [0, 0.1) is 0 Å². The summed E-state index contributed by atoms with van der Waals surface area (Å²) < 4.78 is 14.0. The van der Waals surface area contributed by atoms with Crippen LogP contribution in [0.3, 0.4) is 0 Å². The van der Waals surface area contributed by atoms with E-state index in [-0.39, 0.29) is 12.2 Å². The summed E-state index contributed by atoms with van der Waals surface area (Å²) in [5.74, 6) is 0.176. The van der Waals surface area contributed by atoms with Crippen molar-refractivity contribution in [2.75, 3.05) is 13.2 Å². The number of esters is 1. The largest absolute Gasteiger partial charge is 0.489 e. The predicted octanol–water partition coefficient (Wildman–Crippen LogP) is 4.13. The van der Waals surface area contributed by atoms with E-state index in [1.807, 2.05) is 48.5 Å². The topological polar surface area (TPSA) is 69.9 Å². The van der Waals surface area contributed by atoms with Crippen molar-refractivity contribution in [2.45, 2.75) is 19.9 Å². The first-order valence-electron chi connectivity index (χ1n) is 10.7. The van der Waals surface area contributed by atoms with Crippen LogP contribution in [-0.4, -0.2) is 23.8 Å². The minimum Gasteiger partial charge on any atom is -0.489 e. The number of benzene rings is 2. The Bertz CT molecular complexity index is 1450. The van der Waals surface area contributed by atoms with Gasteiger partial charge in [-0.1, -0.05) is 70.3 Å². The Morgan fingerprint density at radius 2 is 1.97 bits per heavy atom. The molecule has 0 amide bonds. The highest BCUT2D eigenvalue weighted by molar-refractivity contribution is 9.10. The number of hydrogen-bond acceptors (Lipinski definition) is 6. The van der Waals surface area contributed by atoms with Crippen LogP contribution in [0.1, 0.15) is 31.0 Å². The standard InChI is InChI=1S/C26H23BrN2O4S/c1-4-14-33-20-9-7-6-8-18(20)15-21-24(30)29-23(17-10-12-19(27)13-11-17)22(25(31)32-5-2)16(3)28-26(29)34-21/h4,6-13,15,23H,1,5,14H2,2-3H3/b21-15-/t23-/m0/s1. The number of para-hydroxylation sites is 1. The highest BCUT2D eigenvalue weighted by atomic mass is 79.9. The molecular formula is C26H23BrN2O4S. The van der Waals surface area contributed by atoms with E-state index >= 15 is 0 Å². The lowest BCUT2D eigenvalue weighted by molar-refractivity contribution is -0.139. The van der Waals surface area contributed by atoms with Gasteiger partial charge in [0.1, 0.15) is 12.4 Å². The van der Waals surface area contributed by atoms with Crippen molar-refractivity contribution in [1.82, 2.24) is 4.57 Å². The average Bonchev–Trinajstić information content (AvgIpc) is 3.12. The van der Waals surface area contributed by atoms with Crippen LogP contribution < -0.4 is 19.6 Å². The van der Waals surface area contributed by atoms with Gasteiger partial charge in [0.2, 0.25) is 0 Å². The van der Waals surface area contributed by atoms with Crippen LogP contribution in [-0.2, 0) is 9.53 Å². The summed E-state index contributed by atoms with van der Waals surface area (Å²) in [5, 5.41) is 0. The zero-order chi connectivity index (χ0) is 24.2. The number of halogens is 1. The molecule has 0 bridgehead atoms. The Morgan fingerprint density at radius 3 is 2.68 bits per heavy atom. The number of carbonyl (C=O) groups excluding carboxylic acids is 1. The predicted molar refractivity (Wildman–Crippen MR) is 137 cm³/mol. The molecule has 1 aliphatic heterocycles. The van der Waals surface area contributed by atoms with E-state index in [4.69, 9.17) is 9.47 Å². The van der Waals surface area contributed by atoms with Gasteiger partial charge < -0.3 is 9.47 Å². The second kappa shape index (κ2) is 10.4. The molecule has 0 spiro atoms. The van der Waals surface area contributed by atoms with Crippen molar-refractivity contribution in [3.05, 3.63) is 108 Å². The fourth-order valence-electron chi connectivity index (χ4n) is 3.77. The van der Waals surface area contributed by atoms with Crippen LogP contribution >= 0.6 is 27.3 Å². The minimum atomic E-state index is -0.641. The lowest BCUT2D eigenvalue weighted by Crippen LogP contribution is -2.39. The van der Waals surface area contributed by atoms with Gasteiger partial charge in [0.15, 0.2) is 4.80 Å². The summed E-state index contributed by atoms with van der Waals surface area (Å²) in [6.07, 6.45) is 3.47.